The molecule has 0 atom stereocenters. The molecule has 0 aliphatic carbocycles. The molecule has 0 radical (unpaired) electrons. The average Bonchev–Trinajstić information content (AvgIpc) is 2.30. The van der Waals surface area contributed by atoms with Crippen LogP contribution in [-0.2, 0) is 4.79 Å². The summed E-state index contributed by atoms with van der Waals surface area (Å²) in [4.78, 5) is 20.1. The SMILES string of the molecule is C=CC(=O)C=C.O=C(O)c1ccccc1. The van der Waals surface area contributed by atoms with E-state index in [1.807, 2.05) is 0 Å². The second-order valence-corrected chi connectivity index (χ2v) is 2.48. The van der Waals surface area contributed by atoms with E-state index in [1.54, 1.807) is 30.3 Å². The maximum Gasteiger partial charge on any atom is 0.335 e. The number of carboxylic acids is 1. The van der Waals surface area contributed by atoms with Gasteiger partial charge in [0.15, 0.2) is 5.78 Å². The van der Waals surface area contributed by atoms with Crippen LogP contribution in [0.5, 0.6) is 0 Å². The van der Waals surface area contributed by atoms with Crippen LogP contribution >= 0.6 is 0 Å². The maximum absolute atomic E-state index is 10.2. The number of benzene rings is 1. The van der Waals surface area contributed by atoms with E-state index < -0.39 is 5.97 Å². The summed E-state index contributed by atoms with van der Waals surface area (Å²) in [6.07, 6.45) is 2.43. The zero-order valence-corrected chi connectivity index (χ0v) is 8.22. The largest absolute Gasteiger partial charge is 0.478 e. The minimum atomic E-state index is -0.879. The molecule has 15 heavy (non-hydrogen) atoms. The molecule has 0 aliphatic rings. The summed E-state index contributed by atoms with van der Waals surface area (Å²) in [6, 6.07) is 8.30. The Morgan fingerprint density at radius 1 is 1.07 bits per heavy atom. The molecule has 1 aromatic carbocycles. The normalized spacial score (nSPS) is 8.00. The lowest BCUT2D eigenvalue weighted by Crippen LogP contribution is -1.93. The molecule has 0 bridgehead atoms. The number of hydrogen-bond acceptors (Lipinski definition) is 2. The van der Waals surface area contributed by atoms with Crippen LogP contribution in [-0.4, -0.2) is 16.9 Å². The van der Waals surface area contributed by atoms with Gasteiger partial charge in [0.25, 0.3) is 0 Å². The molecule has 0 unspecified atom stereocenters. The first-order valence-corrected chi connectivity index (χ1v) is 4.19. The van der Waals surface area contributed by atoms with Crippen molar-refractivity contribution in [2.24, 2.45) is 0 Å². The molecule has 0 saturated carbocycles. The number of aromatic carboxylic acids is 1. The summed E-state index contributed by atoms with van der Waals surface area (Å²) < 4.78 is 0. The van der Waals surface area contributed by atoms with Gasteiger partial charge in [0.05, 0.1) is 5.56 Å². The third-order valence-electron chi connectivity index (χ3n) is 1.42. The van der Waals surface area contributed by atoms with E-state index in [0.29, 0.717) is 5.56 Å². The molecule has 1 rings (SSSR count). The summed E-state index contributed by atoms with van der Waals surface area (Å²) in [5, 5.41) is 8.38. The quantitative estimate of drug-likeness (QED) is 0.768. The summed E-state index contributed by atoms with van der Waals surface area (Å²) in [6.45, 7) is 6.42. The number of carbonyl (C=O) groups is 2. The van der Waals surface area contributed by atoms with Gasteiger partial charge >= 0.3 is 5.97 Å². The fourth-order valence-corrected chi connectivity index (χ4v) is 0.664. The molecule has 0 heterocycles. The molecule has 0 saturated heterocycles. The maximum atomic E-state index is 10.2. The number of carboxylic acid groups (broad SMARTS) is 1. The predicted octanol–water partition coefficient (Wildman–Crippen LogP) is 2.31. The van der Waals surface area contributed by atoms with E-state index in [9.17, 15) is 9.59 Å². The van der Waals surface area contributed by atoms with E-state index >= 15 is 0 Å². The van der Waals surface area contributed by atoms with Crippen LogP contribution in [0.15, 0.2) is 55.6 Å². The highest BCUT2D eigenvalue weighted by Gasteiger charge is 1.96. The molecule has 1 aromatic rings. The number of allylic oxidation sites excluding steroid dienone is 2. The second kappa shape index (κ2) is 7.26. The number of carbonyl (C=O) groups excluding carboxylic acids is 1. The lowest BCUT2D eigenvalue weighted by atomic mass is 10.2. The fourth-order valence-electron chi connectivity index (χ4n) is 0.664. The van der Waals surface area contributed by atoms with E-state index in [-0.39, 0.29) is 5.78 Å². The van der Waals surface area contributed by atoms with Crippen LogP contribution in [0.25, 0.3) is 0 Å². The van der Waals surface area contributed by atoms with Gasteiger partial charge < -0.3 is 5.11 Å². The highest BCUT2D eigenvalue weighted by molar-refractivity contribution is 5.98. The zero-order valence-electron chi connectivity index (χ0n) is 8.22. The van der Waals surface area contributed by atoms with Crippen molar-refractivity contribution in [2.75, 3.05) is 0 Å². The van der Waals surface area contributed by atoms with Crippen molar-refractivity contribution < 1.29 is 14.7 Å². The van der Waals surface area contributed by atoms with Gasteiger partial charge in [-0.15, -0.1) is 0 Å². The van der Waals surface area contributed by atoms with E-state index in [2.05, 4.69) is 13.2 Å². The number of ketones is 1. The monoisotopic (exact) mass is 204 g/mol. The molecule has 0 fully saturated rings. The smallest absolute Gasteiger partial charge is 0.335 e. The number of rotatable bonds is 3. The molecule has 1 N–H and O–H groups in total. The molecular formula is C12H12O3. The van der Waals surface area contributed by atoms with Gasteiger partial charge in [0, 0.05) is 0 Å². The van der Waals surface area contributed by atoms with E-state index in [0.717, 1.165) is 0 Å². The Balaban J connectivity index is 0.000000288. The van der Waals surface area contributed by atoms with Gasteiger partial charge in [-0.3, -0.25) is 4.79 Å². The van der Waals surface area contributed by atoms with Crippen LogP contribution in [0.4, 0.5) is 0 Å². The third kappa shape index (κ3) is 5.99. The Bertz CT molecular complexity index is 342. The van der Waals surface area contributed by atoms with Crippen molar-refractivity contribution >= 4 is 11.8 Å². The van der Waals surface area contributed by atoms with Gasteiger partial charge in [0.2, 0.25) is 0 Å². The van der Waals surface area contributed by atoms with Crippen LogP contribution in [0.1, 0.15) is 10.4 Å². The minimum absolute atomic E-state index is 0.130. The Hall–Kier alpha value is -2.16. The standard InChI is InChI=1S/C7H6O2.C5H6O/c8-7(9)6-4-2-1-3-5-6;1-3-5(6)4-2/h1-5H,(H,8,9);3-4H,1-2H2. The number of hydrogen-bond donors (Lipinski definition) is 1. The summed E-state index contributed by atoms with van der Waals surface area (Å²) in [5.74, 6) is -1.01. The van der Waals surface area contributed by atoms with Crippen LogP contribution in [0, 0.1) is 0 Å². The molecule has 3 nitrogen and oxygen atoms in total. The Morgan fingerprint density at radius 2 is 1.53 bits per heavy atom. The third-order valence-corrected chi connectivity index (χ3v) is 1.42. The zero-order chi connectivity index (χ0) is 11.7. The van der Waals surface area contributed by atoms with E-state index in [1.165, 1.54) is 12.2 Å². The topological polar surface area (TPSA) is 54.4 Å². The van der Waals surface area contributed by atoms with Crippen molar-refractivity contribution in [3.63, 3.8) is 0 Å². The highest BCUT2D eigenvalue weighted by Crippen LogP contribution is 1.96. The van der Waals surface area contributed by atoms with Crippen molar-refractivity contribution in [3.05, 3.63) is 61.2 Å². The minimum Gasteiger partial charge on any atom is -0.478 e. The average molecular weight is 204 g/mol. The van der Waals surface area contributed by atoms with Crippen molar-refractivity contribution in [1.82, 2.24) is 0 Å². The predicted molar refractivity (Wildman–Crippen MR) is 58.8 cm³/mol. The highest BCUT2D eigenvalue weighted by atomic mass is 16.4. The Kier molecular flexibility index (Phi) is 6.22. The lowest BCUT2D eigenvalue weighted by molar-refractivity contribution is -0.110. The molecule has 78 valence electrons. The van der Waals surface area contributed by atoms with Gasteiger partial charge in [-0.05, 0) is 24.3 Å². The van der Waals surface area contributed by atoms with Gasteiger partial charge in [-0.25, -0.2) is 4.79 Å². The molecular weight excluding hydrogens is 192 g/mol. The Morgan fingerprint density at radius 3 is 1.73 bits per heavy atom. The Labute approximate surface area is 88.4 Å². The first-order chi connectivity index (χ1) is 7.11. The summed E-state index contributed by atoms with van der Waals surface area (Å²) in [5.41, 5.74) is 0.331. The van der Waals surface area contributed by atoms with Crippen LogP contribution in [0.3, 0.4) is 0 Å². The van der Waals surface area contributed by atoms with Crippen molar-refractivity contribution in [2.45, 2.75) is 0 Å². The van der Waals surface area contributed by atoms with Crippen molar-refractivity contribution in [3.8, 4) is 0 Å². The molecule has 3 heteroatoms. The summed E-state index contributed by atoms with van der Waals surface area (Å²) >= 11 is 0. The van der Waals surface area contributed by atoms with Crippen molar-refractivity contribution in [1.29, 1.82) is 0 Å². The first kappa shape index (κ1) is 12.8. The lowest BCUT2D eigenvalue weighted by Gasteiger charge is -1.88. The molecule has 0 aliphatic heterocycles. The second-order valence-electron chi connectivity index (χ2n) is 2.48. The van der Waals surface area contributed by atoms with Gasteiger partial charge in [-0.1, -0.05) is 31.4 Å². The van der Waals surface area contributed by atoms with E-state index in [4.69, 9.17) is 5.11 Å². The molecule has 0 amide bonds. The molecule has 0 spiro atoms. The van der Waals surface area contributed by atoms with Crippen LogP contribution < -0.4 is 0 Å². The fraction of sp³-hybridized carbons (Fsp3) is 0. The van der Waals surface area contributed by atoms with Crippen LogP contribution in [0.2, 0.25) is 0 Å². The first-order valence-electron chi connectivity index (χ1n) is 4.19. The van der Waals surface area contributed by atoms with Gasteiger partial charge in [0.1, 0.15) is 0 Å². The molecule has 0 aromatic heterocycles. The van der Waals surface area contributed by atoms with Gasteiger partial charge in [-0.2, -0.15) is 0 Å². The summed E-state index contributed by atoms with van der Waals surface area (Å²) in [7, 11) is 0.